The summed E-state index contributed by atoms with van der Waals surface area (Å²) in [7, 11) is 0. The van der Waals surface area contributed by atoms with E-state index >= 15 is 0 Å². The van der Waals surface area contributed by atoms with E-state index in [2.05, 4.69) is 5.32 Å². The number of rotatable bonds is 5. The lowest BCUT2D eigenvalue weighted by molar-refractivity contribution is 0.0934. The fraction of sp³-hybridized carbons (Fsp3) is 0.103. The molecule has 5 rings (SSSR count). The van der Waals surface area contributed by atoms with Crippen molar-refractivity contribution in [2.45, 2.75) is 19.4 Å². The van der Waals surface area contributed by atoms with Gasteiger partial charge in [-0.25, -0.2) is 4.98 Å². The number of benzene rings is 4. The molecule has 4 nitrogen and oxygen atoms in total. The largest absolute Gasteiger partial charge is 0.505 e. The van der Waals surface area contributed by atoms with E-state index in [9.17, 15) is 9.90 Å². The molecule has 5 aromatic rings. The topological polar surface area (TPSA) is 62.2 Å². The predicted molar refractivity (Wildman–Crippen MR) is 133 cm³/mol. The van der Waals surface area contributed by atoms with Crippen LogP contribution in [0.4, 0.5) is 0 Å². The van der Waals surface area contributed by atoms with Gasteiger partial charge in [-0.1, -0.05) is 91.9 Å². The molecule has 33 heavy (non-hydrogen) atoms. The van der Waals surface area contributed by atoms with Crippen molar-refractivity contribution >= 4 is 27.6 Å². The highest BCUT2D eigenvalue weighted by Crippen LogP contribution is 2.36. The van der Waals surface area contributed by atoms with Crippen LogP contribution in [-0.2, 0) is 0 Å². The summed E-state index contributed by atoms with van der Waals surface area (Å²) in [5.74, 6) is -0.423. The average molecular weight is 433 g/mol. The Balaban J connectivity index is 1.63. The summed E-state index contributed by atoms with van der Waals surface area (Å²) in [5.41, 5.74) is 3.11. The Labute approximate surface area is 192 Å². The van der Waals surface area contributed by atoms with Crippen molar-refractivity contribution in [1.82, 2.24) is 10.3 Å². The van der Waals surface area contributed by atoms with Gasteiger partial charge in [0, 0.05) is 10.9 Å². The normalized spacial score (nSPS) is 12.0. The van der Waals surface area contributed by atoms with Crippen LogP contribution in [0.15, 0.2) is 97.1 Å². The molecule has 1 heterocycles. The molecule has 0 spiro atoms. The molecular formula is C29H24N2O2. The number of aromatic nitrogens is 1. The zero-order chi connectivity index (χ0) is 22.8. The third kappa shape index (κ3) is 3.92. The van der Waals surface area contributed by atoms with Crippen molar-refractivity contribution in [3.8, 4) is 17.0 Å². The molecule has 2 N–H and O–H groups in total. The quantitative estimate of drug-likeness (QED) is 0.327. The Morgan fingerprint density at radius 1 is 0.879 bits per heavy atom. The second kappa shape index (κ2) is 8.75. The van der Waals surface area contributed by atoms with E-state index in [0.29, 0.717) is 16.6 Å². The highest BCUT2D eigenvalue weighted by atomic mass is 16.3. The number of pyridine rings is 1. The Bertz CT molecular complexity index is 1460. The molecule has 0 saturated heterocycles. The van der Waals surface area contributed by atoms with Gasteiger partial charge in [-0.15, -0.1) is 0 Å². The van der Waals surface area contributed by atoms with Gasteiger partial charge in [-0.2, -0.15) is 0 Å². The van der Waals surface area contributed by atoms with Gasteiger partial charge in [0.2, 0.25) is 0 Å². The van der Waals surface area contributed by atoms with Crippen LogP contribution in [0.5, 0.6) is 5.75 Å². The van der Waals surface area contributed by atoms with Crippen molar-refractivity contribution in [3.63, 3.8) is 0 Å². The van der Waals surface area contributed by atoms with Crippen molar-refractivity contribution in [2.24, 2.45) is 0 Å². The maximum atomic E-state index is 13.5. The molecular weight excluding hydrogens is 408 g/mol. The number of para-hydroxylation sites is 1. The summed E-state index contributed by atoms with van der Waals surface area (Å²) in [6, 6.07) is 31.1. The Morgan fingerprint density at radius 2 is 1.58 bits per heavy atom. The van der Waals surface area contributed by atoms with E-state index in [1.165, 1.54) is 0 Å². The molecule has 4 heteroatoms. The van der Waals surface area contributed by atoms with Crippen molar-refractivity contribution < 1.29 is 9.90 Å². The highest BCUT2D eigenvalue weighted by molar-refractivity contribution is 6.10. The zero-order valence-corrected chi connectivity index (χ0v) is 18.3. The second-order valence-corrected chi connectivity index (χ2v) is 8.11. The van der Waals surface area contributed by atoms with Crippen LogP contribution in [0.1, 0.15) is 35.3 Å². The van der Waals surface area contributed by atoms with E-state index in [1.807, 2.05) is 104 Å². The van der Waals surface area contributed by atoms with Gasteiger partial charge in [0.25, 0.3) is 5.91 Å². The summed E-state index contributed by atoms with van der Waals surface area (Å²) in [4.78, 5) is 18.2. The molecule has 162 valence electrons. The molecule has 0 saturated carbocycles. The number of carbonyl (C=O) groups is 1. The lowest BCUT2D eigenvalue weighted by Gasteiger charge is -2.19. The number of hydrogen-bond donors (Lipinski definition) is 2. The summed E-state index contributed by atoms with van der Waals surface area (Å²) in [5, 5.41) is 17.2. The first-order chi connectivity index (χ1) is 16.2. The number of aromatic hydroxyl groups is 1. The summed E-state index contributed by atoms with van der Waals surface area (Å²) in [6.45, 7) is 2.03. The molecule has 0 aliphatic heterocycles. The third-order valence-electron chi connectivity index (χ3n) is 6.03. The average Bonchev–Trinajstić information content (AvgIpc) is 2.87. The number of fused-ring (bicyclic) bond motifs is 2. The van der Waals surface area contributed by atoms with Gasteiger partial charge in [0.05, 0.1) is 17.1 Å². The third-order valence-corrected chi connectivity index (χ3v) is 6.03. The molecule has 0 radical (unpaired) electrons. The predicted octanol–water partition coefficient (Wildman–Crippen LogP) is 6.64. The first kappa shape index (κ1) is 20.7. The fourth-order valence-electron chi connectivity index (χ4n) is 4.31. The van der Waals surface area contributed by atoms with E-state index in [-0.39, 0.29) is 23.3 Å². The first-order valence-corrected chi connectivity index (χ1v) is 11.1. The molecule has 1 aromatic heterocycles. The van der Waals surface area contributed by atoms with Crippen molar-refractivity contribution in [1.29, 1.82) is 0 Å². The second-order valence-electron chi connectivity index (χ2n) is 8.11. The van der Waals surface area contributed by atoms with Gasteiger partial charge in [0.1, 0.15) is 5.69 Å². The minimum absolute atomic E-state index is 0.107. The molecule has 0 aliphatic rings. The first-order valence-electron chi connectivity index (χ1n) is 11.1. The van der Waals surface area contributed by atoms with Crippen LogP contribution < -0.4 is 5.32 Å². The van der Waals surface area contributed by atoms with Crippen LogP contribution in [0, 0.1) is 0 Å². The lowest BCUT2D eigenvalue weighted by Crippen LogP contribution is -2.28. The van der Waals surface area contributed by atoms with Crippen LogP contribution in [-0.4, -0.2) is 16.0 Å². The Kier molecular flexibility index (Phi) is 5.49. The standard InChI is InChI=1S/C29H24N2O2/c1-2-24(20-11-4-3-5-12-20)31-29(33)26-23-14-8-9-15-25(23)30-27(28(26)32)22-17-16-19-10-6-7-13-21(19)18-22/h3-18,24,32H,2H2,1H3,(H,31,33)/t24-/m0/s1. The fourth-order valence-corrected chi connectivity index (χ4v) is 4.31. The molecule has 0 bridgehead atoms. The van der Waals surface area contributed by atoms with Crippen LogP contribution in [0.25, 0.3) is 32.9 Å². The smallest absolute Gasteiger partial charge is 0.256 e. The van der Waals surface area contributed by atoms with Crippen LogP contribution in [0.3, 0.4) is 0 Å². The summed E-state index contributed by atoms with van der Waals surface area (Å²) in [6.07, 6.45) is 0.733. The molecule has 0 aliphatic carbocycles. The SMILES string of the molecule is CC[C@H](NC(=O)c1c(O)c(-c2ccc3ccccc3c2)nc2ccccc12)c1ccccc1. The number of hydrogen-bond acceptors (Lipinski definition) is 3. The van der Waals surface area contributed by atoms with E-state index < -0.39 is 0 Å². The maximum Gasteiger partial charge on any atom is 0.256 e. The van der Waals surface area contributed by atoms with E-state index in [0.717, 1.165) is 28.3 Å². The molecule has 1 atom stereocenters. The van der Waals surface area contributed by atoms with Crippen LogP contribution >= 0.6 is 0 Å². The Morgan fingerprint density at radius 3 is 2.36 bits per heavy atom. The summed E-state index contributed by atoms with van der Waals surface area (Å²) < 4.78 is 0. The summed E-state index contributed by atoms with van der Waals surface area (Å²) >= 11 is 0. The van der Waals surface area contributed by atoms with Crippen molar-refractivity contribution in [3.05, 3.63) is 108 Å². The molecule has 4 aromatic carbocycles. The maximum absolute atomic E-state index is 13.5. The van der Waals surface area contributed by atoms with E-state index in [4.69, 9.17) is 4.98 Å². The minimum atomic E-state index is -0.316. The van der Waals surface area contributed by atoms with Gasteiger partial charge in [0.15, 0.2) is 5.75 Å². The highest BCUT2D eigenvalue weighted by Gasteiger charge is 2.23. The monoisotopic (exact) mass is 432 g/mol. The number of carbonyl (C=O) groups excluding carboxylic acids is 1. The molecule has 0 unspecified atom stereocenters. The van der Waals surface area contributed by atoms with Gasteiger partial charge in [-0.05, 0) is 34.9 Å². The zero-order valence-electron chi connectivity index (χ0n) is 18.3. The minimum Gasteiger partial charge on any atom is -0.505 e. The van der Waals surface area contributed by atoms with Gasteiger partial charge in [-0.3, -0.25) is 4.79 Å². The lowest BCUT2D eigenvalue weighted by atomic mass is 9.99. The van der Waals surface area contributed by atoms with Gasteiger partial charge >= 0.3 is 0 Å². The number of nitrogens with zero attached hydrogens (tertiary/aromatic N) is 1. The Hall–Kier alpha value is -4.18. The van der Waals surface area contributed by atoms with Crippen LogP contribution in [0.2, 0.25) is 0 Å². The van der Waals surface area contributed by atoms with Crippen molar-refractivity contribution in [2.75, 3.05) is 0 Å². The number of amides is 1. The molecule has 1 amide bonds. The molecule has 0 fully saturated rings. The number of nitrogens with one attached hydrogen (secondary N) is 1. The van der Waals surface area contributed by atoms with E-state index in [1.54, 1.807) is 0 Å². The van der Waals surface area contributed by atoms with Gasteiger partial charge < -0.3 is 10.4 Å².